The van der Waals surface area contributed by atoms with E-state index in [9.17, 15) is 9.59 Å². The van der Waals surface area contributed by atoms with Crippen molar-refractivity contribution in [2.45, 2.75) is 57.7 Å². The average molecular weight is 272 g/mol. The minimum absolute atomic E-state index is 0.235. The van der Waals surface area contributed by atoms with Crippen molar-refractivity contribution in [3.05, 3.63) is 0 Å². The van der Waals surface area contributed by atoms with Crippen LogP contribution in [0.15, 0.2) is 0 Å². The van der Waals surface area contributed by atoms with Gasteiger partial charge < -0.3 is 20.1 Å². The third-order valence-corrected chi connectivity index (χ3v) is 2.86. The molecule has 1 fully saturated rings. The molecule has 0 spiro atoms. The van der Waals surface area contributed by atoms with Gasteiger partial charge in [0.25, 0.3) is 0 Å². The average Bonchev–Trinajstić information content (AvgIpc) is 2.77. The Balaban J connectivity index is 2.53. The highest BCUT2D eigenvalue weighted by Gasteiger charge is 2.28. The van der Waals surface area contributed by atoms with E-state index in [-0.39, 0.29) is 6.04 Å². The fourth-order valence-electron chi connectivity index (χ4n) is 2.05. The van der Waals surface area contributed by atoms with Gasteiger partial charge in [-0.15, -0.1) is 0 Å². The number of hydrogen-bond acceptors (Lipinski definition) is 5. The van der Waals surface area contributed by atoms with E-state index in [2.05, 4.69) is 10.6 Å². The number of amides is 1. The van der Waals surface area contributed by atoms with Crippen molar-refractivity contribution in [2.75, 3.05) is 13.7 Å². The van der Waals surface area contributed by atoms with Crippen molar-refractivity contribution >= 4 is 12.1 Å². The Kier molecular flexibility index (Phi) is 5.60. The maximum Gasteiger partial charge on any atom is 0.408 e. The molecule has 6 nitrogen and oxygen atoms in total. The summed E-state index contributed by atoms with van der Waals surface area (Å²) in [4.78, 5) is 23.4. The Bertz CT molecular complexity index is 319. The number of nitrogens with one attached hydrogen (secondary N) is 2. The third-order valence-electron chi connectivity index (χ3n) is 2.86. The lowest BCUT2D eigenvalue weighted by Gasteiger charge is -2.24. The highest BCUT2D eigenvalue weighted by Crippen LogP contribution is 2.13. The van der Waals surface area contributed by atoms with E-state index in [1.165, 1.54) is 7.11 Å². The summed E-state index contributed by atoms with van der Waals surface area (Å²) in [7, 11) is 1.31. The SMILES string of the molecule is COC(=O)C(CC1CCCN1)NC(=O)OC(C)(C)C. The zero-order valence-electron chi connectivity index (χ0n) is 12.1. The van der Waals surface area contributed by atoms with Gasteiger partial charge in [0.05, 0.1) is 7.11 Å². The minimum Gasteiger partial charge on any atom is -0.467 e. The number of alkyl carbamates (subject to hydrolysis) is 1. The fraction of sp³-hybridized carbons (Fsp3) is 0.846. The van der Waals surface area contributed by atoms with E-state index in [1.807, 2.05) is 0 Å². The van der Waals surface area contributed by atoms with Crippen LogP contribution < -0.4 is 10.6 Å². The van der Waals surface area contributed by atoms with Crippen molar-refractivity contribution in [2.24, 2.45) is 0 Å². The standard InChI is InChI=1S/C13H24N2O4/c1-13(2,3)19-12(17)15-10(11(16)18-4)8-9-6-5-7-14-9/h9-10,14H,5-8H2,1-4H3,(H,15,17). The van der Waals surface area contributed by atoms with Gasteiger partial charge in [-0.25, -0.2) is 9.59 Å². The van der Waals surface area contributed by atoms with Gasteiger partial charge in [-0.3, -0.25) is 0 Å². The molecule has 110 valence electrons. The number of rotatable bonds is 4. The number of methoxy groups -OCH3 is 1. The Labute approximate surface area is 114 Å². The van der Waals surface area contributed by atoms with Crippen LogP contribution in [0.1, 0.15) is 40.0 Å². The van der Waals surface area contributed by atoms with Gasteiger partial charge in [-0.05, 0) is 46.6 Å². The predicted octanol–water partition coefficient (Wildman–Crippen LogP) is 1.19. The largest absolute Gasteiger partial charge is 0.467 e. The first kappa shape index (κ1) is 15.8. The number of carbonyl (C=O) groups is 2. The van der Waals surface area contributed by atoms with Crippen LogP contribution in [0, 0.1) is 0 Å². The topological polar surface area (TPSA) is 76.7 Å². The second-order valence-electron chi connectivity index (χ2n) is 5.75. The van der Waals surface area contributed by atoms with Crippen LogP contribution >= 0.6 is 0 Å². The van der Waals surface area contributed by atoms with Crippen LogP contribution in [0.2, 0.25) is 0 Å². The molecule has 1 saturated heterocycles. The van der Waals surface area contributed by atoms with Crippen molar-refractivity contribution in [1.29, 1.82) is 0 Å². The lowest BCUT2D eigenvalue weighted by atomic mass is 10.1. The summed E-state index contributed by atoms with van der Waals surface area (Å²) in [5, 5.41) is 5.86. The summed E-state index contributed by atoms with van der Waals surface area (Å²) in [6.45, 7) is 6.28. The molecule has 2 unspecified atom stereocenters. The Hall–Kier alpha value is -1.30. The molecule has 1 aliphatic heterocycles. The molecule has 0 aliphatic carbocycles. The van der Waals surface area contributed by atoms with Crippen molar-refractivity contribution in [3.8, 4) is 0 Å². The molecule has 0 aromatic heterocycles. The van der Waals surface area contributed by atoms with Crippen molar-refractivity contribution in [3.63, 3.8) is 0 Å². The van der Waals surface area contributed by atoms with Crippen LogP contribution in [0.4, 0.5) is 4.79 Å². The first-order valence-electron chi connectivity index (χ1n) is 6.62. The molecule has 0 radical (unpaired) electrons. The van der Waals surface area contributed by atoms with Gasteiger partial charge in [0.2, 0.25) is 0 Å². The smallest absolute Gasteiger partial charge is 0.408 e. The monoisotopic (exact) mass is 272 g/mol. The van der Waals surface area contributed by atoms with Crippen molar-refractivity contribution in [1.82, 2.24) is 10.6 Å². The second kappa shape index (κ2) is 6.75. The first-order chi connectivity index (χ1) is 8.81. The quantitative estimate of drug-likeness (QED) is 0.752. The lowest BCUT2D eigenvalue weighted by Crippen LogP contribution is -2.46. The van der Waals surface area contributed by atoms with E-state index in [4.69, 9.17) is 9.47 Å². The van der Waals surface area contributed by atoms with Crippen LogP contribution in [-0.2, 0) is 14.3 Å². The van der Waals surface area contributed by atoms with Gasteiger partial charge in [0, 0.05) is 6.04 Å². The fourth-order valence-corrected chi connectivity index (χ4v) is 2.05. The van der Waals surface area contributed by atoms with Crippen LogP contribution in [-0.4, -0.2) is 43.4 Å². The van der Waals surface area contributed by atoms with Gasteiger partial charge in [0.15, 0.2) is 0 Å². The minimum atomic E-state index is -0.671. The van der Waals surface area contributed by atoms with Crippen molar-refractivity contribution < 1.29 is 19.1 Å². The summed E-state index contributed by atoms with van der Waals surface area (Å²) in [6, 6.07) is -0.436. The zero-order chi connectivity index (χ0) is 14.5. The van der Waals surface area contributed by atoms with E-state index in [0.717, 1.165) is 19.4 Å². The molecule has 1 aliphatic rings. The van der Waals surface area contributed by atoms with Gasteiger partial charge in [-0.1, -0.05) is 0 Å². The molecular weight excluding hydrogens is 248 g/mol. The van der Waals surface area contributed by atoms with Crippen LogP contribution in [0.25, 0.3) is 0 Å². The van der Waals surface area contributed by atoms with E-state index in [1.54, 1.807) is 20.8 Å². The Morgan fingerprint density at radius 1 is 1.42 bits per heavy atom. The predicted molar refractivity (Wildman–Crippen MR) is 70.8 cm³/mol. The summed E-state index contributed by atoms with van der Waals surface area (Å²) in [5.74, 6) is -0.445. The highest BCUT2D eigenvalue weighted by molar-refractivity contribution is 5.81. The highest BCUT2D eigenvalue weighted by atomic mass is 16.6. The molecular formula is C13H24N2O4. The molecule has 2 atom stereocenters. The summed E-state index contributed by atoms with van der Waals surface area (Å²) >= 11 is 0. The molecule has 6 heteroatoms. The van der Waals surface area contributed by atoms with Gasteiger partial charge in [0.1, 0.15) is 11.6 Å². The van der Waals surface area contributed by atoms with Crippen LogP contribution in [0.5, 0.6) is 0 Å². The third kappa shape index (κ3) is 5.92. The number of carbonyl (C=O) groups excluding carboxylic acids is 2. The number of ether oxygens (including phenoxy) is 2. The van der Waals surface area contributed by atoms with Crippen LogP contribution in [0.3, 0.4) is 0 Å². The van der Waals surface area contributed by atoms with Gasteiger partial charge >= 0.3 is 12.1 Å². The second-order valence-corrected chi connectivity index (χ2v) is 5.75. The molecule has 1 amide bonds. The Morgan fingerprint density at radius 2 is 2.11 bits per heavy atom. The summed E-state index contributed by atoms with van der Waals surface area (Å²) in [5.41, 5.74) is -0.587. The van der Waals surface area contributed by atoms with Gasteiger partial charge in [-0.2, -0.15) is 0 Å². The number of esters is 1. The normalized spacial score (nSPS) is 20.7. The van der Waals surface area contributed by atoms with E-state index in [0.29, 0.717) is 6.42 Å². The van der Waals surface area contributed by atoms with E-state index >= 15 is 0 Å². The maximum absolute atomic E-state index is 11.7. The molecule has 0 saturated carbocycles. The molecule has 0 aromatic rings. The number of hydrogen-bond donors (Lipinski definition) is 2. The molecule has 1 rings (SSSR count). The first-order valence-corrected chi connectivity index (χ1v) is 6.62. The molecule has 2 N–H and O–H groups in total. The molecule has 1 heterocycles. The zero-order valence-corrected chi connectivity index (χ0v) is 12.1. The lowest BCUT2D eigenvalue weighted by molar-refractivity contribution is -0.143. The summed E-state index contributed by atoms with van der Waals surface area (Å²) < 4.78 is 9.87. The molecule has 0 aromatic carbocycles. The summed E-state index contributed by atoms with van der Waals surface area (Å²) in [6.07, 6.45) is 2.02. The maximum atomic E-state index is 11.7. The van der Waals surface area contributed by atoms with E-state index < -0.39 is 23.7 Å². The Morgan fingerprint density at radius 3 is 2.58 bits per heavy atom. The molecule has 19 heavy (non-hydrogen) atoms. The molecule has 0 bridgehead atoms.